The van der Waals surface area contributed by atoms with E-state index in [1.807, 2.05) is 55.8 Å². The number of aryl methyl sites for hydroxylation is 3. The average Bonchev–Trinajstić information content (AvgIpc) is 2.79. The van der Waals surface area contributed by atoms with Crippen molar-refractivity contribution in [3.63, 3.8) is 0 Å². The van der Waals surface area contributed by atoms with Gasteiger partial charge in [0.2, 0.25) is 0 Å². The summed E-state index contributed by atoms with van der Waals surface area (Å²) in [5, 5.41) is 5.17. The standard InChI is InChI=1S/C23H25N5OS/c1-16-7-3-11-19(25-16)20-12-5-9-18(26-20)10-6-14-29-28-21-13-4-8-17-15-24-23(30-2)27-22(17)21/h3,5,7,9,11-12,15H,4,6,8,10,13-14H2,1-2H3/b28-21+. The van der Waals surface area contributed by atoms with Crippen LogP contribution in [0.4, 0.5) is 0 Å². The van der Waals surface area contributed by atoms with Crippen LogP contribution in [0.5, 0.6) is 0 Å². The van der Waals surface area contributed by atoms with E-state index in [9.17, 15) is 0 Å². The van der Waals surface area contributed by atoms with Gasteiger partial charge in [-0.3, -0.25) is 9.97 Å². The van der Waals surface area contributed by atoms with E-state index in [-0.39, 0.29) is 0 Å². The molecule has 0 amide bonds. The Balaban J connectivity index is 1.34. The van der Waals surface area contributed by atoms with E-state index >= 15 is 0 Å². The van der Waals surface area contributed by atoms with Crippen molar-refractivity contribution in [2.75, 3.05) is 12.9 Å². The first-order valence-corrected chi connectivity index (χ1v) is 11.4. The molecule has 0 fully saturated rings. The molecule has 0 aromatic carbocycles. The summed E-state index contributed by atoms with van der Waals surface area (Å²) in [6.45, 7) is 2.54. The summed E-state index contributed by atoms with van der Waals surface area (Å²) in [6.07, 6.45) is 8.54. The van der Waals surface area contributed by atoms with Crippen molar-refractivity contribution in [1.82, 2.24) is 19.9 Å². The van der Waals surface area contributed by atoms with E-state index in [1.165, 1.54) is 0 Å². The van der Waals surface area contributed by atoms with Crippen molar-refractivity contribution in [1.29, 1.82) is 0 Å². The van der Waals surface area contributed by atoms with E-state index in [0.29, 0.717) is 6.61 Å². The summed E-state index contributed by atoms with van der Waals surface area (Å²) in [7, 11) is 0. The molecule has 1 aliphatic rings. The highest BCUT2D eigenvalue weighted by Crippen LogP contribution is 2.22. The number of fused-ring (bicyclic) bond motifs is 1. The first-order valence-electron chi connectivity index (χ1n) is 10.2. The number of rotatable bonds is 7. The van der Waals surface area contributed by atoms with Gasteiger partial charge >= 0.3 is 0 Å². The van der Waals surface area contributed by atoms with Crippen molar-refractivity contribution in [2.24, 2.45) is 5.16 Å². The van der Waals surface area contributed by atoms with Crippen LogP contribution < -0.4 is 0 Å². The number of aromatic nitrogens is 4. The third-order valence-electron chi connectivity index (χ3n) is 4.96. The average molecular weight is 420 g/mol. The van der Waals surface area contributed by atoms with Crippen LogP contribution >= 0.6 is 11.8 Å². The van der Waals surface area contributed by atoms with E-state index in [2.05, 4.69) is 20.1 Å². The maximum absolute atomic E-state index is 5.64. The number of pyridine rings is 2. The first kappa shape index (κ1) is 20.5. The second-order valence-electron chi connectivity index (χ2n) is 7.24. The fourth-order valence-electron chi connectivity index (χ4n) is 3.46. The van der Waals surface area contributed by atoms with Crippen molar-refractivity contribution >= 4 is 17.5 Å². The molecule has 3 aromatic rings. The van der Waals surface area contributed by atoms with Crippen LogP contribution in [-0.2, 0) is 17.7 Å². The molecule has 1 aliphatic carbocycles. The topological polar surface area (TPSA) is 73.2 Å². The highest BCUT2D eigenvalue weighted by Gasteiger charge is 2.19. The maximum atomic E-state index is 5.64. The van der Waals surface area contributed by atoms with Gasteiger partial charge in [-0.25, -0.2) is 9.97 Å². The Kier molecular flexibility index (Phi) is 6.69. The van der Waals surface area contributed by atoms with Gasteiger partial charge in [0, 0.05) is 17.6 Å². The lowest BCUT2D eigenvalue weighted by Crippen LogP contribution is -2.16. The van der Waals surface area contributed by atoms with Gasteiger partial charge in [-0.15, -0.1) is 0 Å². The van der Waals surface area contributed by atoms with E-state index in [1.54, 1.807) is 11.8 Å². The van der Waals surface area contributed by atoms with Crippen molar-refractivity contribution in [3.05, 3.63) is 65.2 Å². The van der Waals surface area contributed by atoms with Crippen LogP contribution in [-0.4, -0.2) is 38.5 Å². The normalized spacial score (nSPS) is 14.5. The summed E-state index contributed by atoms with van der Waals surface area (Å²) in [5.41, 5.74) is 6.87. The fraction of sp³-hybridized carbons (Fsp3) is 0.348. The summed E-state index contributed by atoms with van der Waals surface area (Å²) < 4.78 is 0. The zero-order chi connectivity index (χ0) is 20.8. The van der Waals surface area contributed by atoms with Crippen LogP contribution in [0.15, 0.2) is 52.9 Å². The molecule has 4 rings (SSSR count). The summed E-state index contributed by atoms with van der Waals surface area (Å²) in [5.74, 6) is 0. The molecule has 0 unspecified atom stereocenters. The molecule has 30 heavy (non-hydrogen) atoms. The minimum absolute atomic E-state index is 0.550. The first-order chi connectivity index (χ1) is 14.7. The molecule has 3 aromatic heterocycles. The lowest BCUT2D eigenvalue weighted by atomic mass is 9.96. The van der Waals surface area contributed by atoms with E-state index in [4.69, 9.17) is 9.82 Å². The maximum Gasteiger partial charge on any atom is 0.187 e. The number of hydrogen-bond acceptors (Lipinski definition) is 7. The number of thioether (sulfide) groups is 1. The van der Waals surface area contributed by atoms with Crippen LogP contribution in [0.25, 0.3) is 11.4 Å². The largest absolute Gasteiger partial charge is 0.396 e. The summed E-state index contributed by atoms with van der Waals surface area (Å²) in [4.78, 5) is 23.9. The second-order valence-corrected chi connectivity index (χ2v) is 8.01. The van der Waals surface area contributed by atoms with Crippen LogP contribution in [0.1, 0.15) is 41.9 Å². The molecular weight excluding hydrogens is 394 g/mol. The zero-order valence-corrected chi connectivity index (χ0v) is 18.2. The van der Waals surface area contributed by atoms with Crippen LogP contribution in [0.2, 0.25) is 0 Å². The van der Waals surface area contributed by atoms with Crippen LogP contribution in [0.3, 0.4) is 0 Å². The lowest BCUT2D eigenvalue weighted by molar-refractivity contribution is 0.141. The Morgan fingerprint density at radius 2 is 1.87 bits per heavy atom. The molecule has 6 nitrogen and oxygen atoms in total. The van der Waals surface area contributed by atoms with Gasteiger partial charge in [-0.1, -0.05) is 29.1 Å². The van der Waals surface area contributed by atoms with Crippen LogP contribution in [0, 0.1) is 6.92 Å². The molecule has 3 heterocycles. The summed E-state index contributed by atoms with van der Waals surface area (Å²) >= 11 is 1.54. The number of hydrogen-bond donors (Lipinski definition) is 0. The van der Waals surface area contributed by atoms with E-state index < -0.39 is 0 Å². The number of nitrogens with zero attached hydrogens (tertiary/aromatic N) is 5. The van der Waals surface area contributed by atoms with Crippen molar-refractivity contribution in [3.8, 4) is 11.4 Å². The third kappa shape index (κ3) is 5.02. The highest BCUT2D eigenvalue weighted by molar-refractivity contribution is 7.98. The lowest BCUT2D eigenvalue weighted by Gasteiger charge is -2.16. The highest BCUT2D eigenvalue weighted by atomic mass is 32.2. The fourth-order valence-corrected chi connectivity index (χ4v) is 3.80. The predicted molar refractivity (Wildman–Crippen MR) is 120 cm³/mol. The van der Waals surface area contributed by atoms with Crippen molar-refractivity contribution in [2.45, 2.75) is 44.2 Å². The van der Waals surface area contributed by atoms with Gasteiger partial charge in [-0.05, 0) is 75.1 Å². The molecular formula is C23H25N5OS. The zero-order valence-electron chi connectivity index (χ0n) is 17.3. The predicted octanol–water partition coefficient (Wildman–Crippen LogP) is 4.65. The molecule has 0 aliphatic heterocycles. The minimum atomic E-state index is 0.550. The minimum Gasteiger partial charge on any atom is -0.396 e. The second kappa shape index (κ2) is 9.80. The van der Waals surface area contributed by atoms with Gasteiger partial charge in [0.25, 0.3) is 0 Å². The van der Waals surface area contributed by atoms with E-state index in [0.717, 1.165) is 77.0 Å². The summed E-state index contributed by atoms with van der Waals surface area (Å²) in [6, 6.07) is 12.1. The van der Waals surface area contributed by atoms with Gasteiger partial charge < -0.3 is 4.84 Å². The molecule has 0 atom stereocenters. The quantitative estimate of drug-likeness (QED) is 0.240. The molecule has 0 saturated heterocycles. The van der Waals surface area contributed by atoms with Gasteiger partial charge in [0.15, 0.2) is 5.16 Å². The Morgan fingerprint density at radius 3 is 2.70 bits per heavy atom. The van der Waals surface area contributed by atoms with Gasteiger partial charge in [0.1, 0.15) is 12.3 Å². The monoisotopic (exact) mass is 419 g/mol. The Hall–Kier alpha value is -2.80. The smallest absolute Gasteiger partial charge is 0.187 e. The Bertz CT molecular complexity index is 1050. The molecule has 0 saturated carbocycles. The third-order valence-corrected chi connectivity index (χ3v) is 5.52. The molecule has 0 spiro atoms. The Morgan fingerprint density at radius 1 is 1.03 bits per heavy atom. The van der Waals surface area contributed by atoms with Gasteiger partial charge in [-0.2, -0.15) is 0 Å². The SMILES string of the molecule is CSc1ncc2c(n1)/C(=N/OCCCc1cccc(-c3cccc(C)n3)n1)CCC2. The molecule has 154 valence electrons. The molecule has 0 bridgehead atoms. The molecule has 0 N–H and O–H groups in total. The Labute approximate surface area is 181 Å². The number of oxime groups is 1. The molecule has 0 radical (unpaired) electrons. The van der Waals surface area contributed by atoms with Crippen molar-refractivity contribution < 1.29 is 4.84 Å². The molecule has 7 heteroatoms. The van der Waals surface area contributed by atoms with Gasteiger partial charge in [0.05, 0.1) is 17.1 Å².